The van der Waals surface area contributed by atoms with Crippen molar-refractivity contribution in [1.29, 1.82) is 5.26 Å². The van der Waals surface area contributed by atoms with E-state index in [0.717, 1.165) is 6.07 Å². The molecule has 4 rings (SSSR count). The number of fused-ring (bicyclic) bond motifs is 1. The number of nitrogens with one attached hydrogen (secondary N) is 1. The average Bonchev–Trinajstić information content (AvgIpc) is 3.22. The molecular weight excluding hydrogens is 457 g/mol. The van der Waals surface area contributed by atoms with Gasteiger partial charge in [0.25, 0.3) is 0 Å². The Morgan fingerprint density at radius 1 is 1.32 bits per heavy atom. The van der Waals surface area contributed by atoms with Gasteiger partial charge in [-0.05, 0) is 36.6 Å². The highest BCUT2D eigenvalue weighted by atomic mass is 35.5. The summed E-state index contributed by atoms with van der Waals surface area (Å²) in [6, 6.07) is 10.3. The Labute approximate surface area is 200 Å². The van der Waals surface area contributed by atoms with Crippen LogP contribution in [0, 0.1) is 23.1 Å². The van der Waals surface area contributed by atoms with Crippen LogP contribution in [0.1, 0.15) is 37.2 Å². The molecule has 9 heteroatoms. The predicted octanol–water partition coefficient (Wildman–Crippen LogP) is 5.30. The monoisotopic (exact) mass is 477 g/mol. The summed E-state index contributed by atoms with van der Waals surface area (Å²) in [6.07, 6.45) is 4.62. The number of hydrogen-bond donors (Lipinski definition) is 2. The minimum absolute atomic E-state index is 0.0434. The maximum absolute atomic E-state index is 15.1. The molecule has 0 radical (unpaired) electrons. The van der Waals surface area contributed by atoms with Gasteiger partial charge in [0.2, 0.25) is 0 Å². The summed E-state index contributed by atoms with van der Waals surface area (Å²) in [6.45, 7) is 3.78. The van der Waals surface area contributed by atoms with Gasteiger partial charge in [-0.15, -0.1) is 0 Å². The number of rotatable bonds is 7. The molecule has 0 saturated carbocycles. The maximum Gasteiger partial charge on any atom is 0.303 e. The number of carboxylic acids is 1. The first-order chi connectivity index (χ1) is 16.2. The molecule has 0 bridgehead atoms. The molecule has 0 aliphatic rings. The Morgan fingerprint density at radius 3 is 2.79 bits per heavy atom. The van der Waals surface area contributed by atoms with Crippen LogP contribution in [-0.4, -0.2) is 31.0 Å². The lowest BCUT2D eigenvalue weighted by molar-refractivity contribution is -0.138. The second kappa shape index (κ2) is 9.20. The number of carboxylic acid groups (broad SMARTS) is 1. The molecule has 0 saturated heterocycles. The number of aromatic amines is 1. The number of halogens is 2. The summed E-state index contributed by atoms with van der Waals surface area (Å²) in [7, 11) is 0. The minimum atomic E-state index is -0.999. The predicted molar refractivity (Wildman–Crippen MR) is 126 cm³/mol. The number of nitrogens with zero attached hydrogens (tertiary/aromatic N) is 4. The number of aliphatic carboxylic acids is 1. The second-order valence-corrected chi connectivity index (χ2v) is 9.05. The van der Waals surface area contributed by atoms with Gasteiger partial charge in [0, 0.05) is 47.1 Å². The first-order valence-electron chi connectivity index (χ1n) is 10.6. The Kier molecular flexibility index (Phi) is 6.31. The lowest BCUT2D eigenvalue weighted by Gasteiger charge is -2.33. The summed E-state index contributed by atoms with van der Waals surface area (Å²) in [5, 5.41) is 20.3. The van der Waals surface area contributed by atoms with E-state index < -0.39 is 23.1 Å². The molecule has 4 aromatic rings. The lowest BCUT2D eigenvalue weighted by Crippen LogP contribution is -2.33. The number of aromatic nitrogens is 4. The van der Waals surface area contributed by atoms with Crippen LogP contribution < -0.4 is 0 Å². The first kappa shape index (κ1) is 23.3. The third kappa shape index (κ3) is 4.47. The smallest absolute Gasteiger partial charge is 0.303 e. The molecule has 0 aromatic carbocycles. The van der Waals surface area contributed by atoms with Crippen LogP contribution in [0.2, 0.25) is 5.02 Å². The normalized spacial score (nSPS) is 12.4. The van der Waals surface area contributed by atoms with Gasteiger partial charge >= 0.3 is 5.97 Å². The number of carbonyl (C=O) groups is 1. The van der Waals surface area contributed by atoms with Gasteiger partial charge in [0.05, 0.1) is 22.0 Å². The molecule has 2 N–H and O–H groups in total. The van der Waals surface area contributed by atoms with Crippen LogP contribution in [0.15, 0.2) is 48.9 Å². The van der Waals surface area contributed by atoms with E-state index in [9.17, 15) is 15.2 Å². The number of nitriles is 1. The van der Waals surface area contributed by atoms with Gasteiger partial charge in [0.1, 0.15) is 17.5 Å². The molecular formula is C25H21ClFN5O2. The zero-order valence-corrected chi connectivity index (χ0v) is 19.3. The van der Waals surface area contributed by atoms with Gasteiger partial charge < -0.3 is 10.1 Å². The summed E-state index contributed by atoms with van der Waals surface area (Å²) in [5.74, 6) is -2.18. The SMILES string of the molecule is CC(C)(c1ccccn1)C(CC(=O)O)Cc1nc(-c2c[nH]c3ncc(Cl)cc23)c(C#N)cc1F. The second-order valence-electron chi connectivity index (χ2n) is 8.61. The van der Waals surface area contributed by atoms with Crippen molar-refractivity contribution in [2.24, 2.45) is 5.92 Å². The zero-order chi connectivity index (χ0) is 24.5. The van der Waals surface area contributed by atoms with Crippen molar-refractivity contribution in [3.8, 4) is 17.3 Å². The van der Waals surface area contributed by atoms with Crippen molar-refractivity contribution in [3.63, 3.8) is 0 Å². The van der Waals surface area contributed by atoms with Crippen LogP contribution >= 0.6 is 11.6 Å². The van der Waals surface area contributed by atoms with Crippen LogP contribution in [-0.2, 0) is 16.6 Å². The van der Waals surface area contributed by atoms with E-state index >= 15 is 4.39 Å². The molecule has 0 spiro atoms. The number of H-pyrrole nitrogens is 1. The van der Waals surface area contributed by atoms with Crippen molar-refractivity contribution < 1.29 is 14.3 Å². The molecule has 172 valence electrons. The van der Waals surface area contributed by atoms with Gasteiger partial charge in [-0.1, -0.05) is 31.5 Å². The summed E-state index contributed by atoms with van der Waals surface area (Å²) < 4.78 is 15.1. The first-order valence-corrected chi connectivity index (χ1v) is 10.9. The topological polar surface area (TPSA) is 116 Å². The highest BCUT2D eigenvalue weighted by Gasteiger charge is 2.35. The van der Waals surface area contributed by atoms with Gasteiger partial charge in [0.15, 0.2) is 0 Å². The van der Waals surface area contributed by atoms with E-state index in [1.165, 1.54) is 6.20 Å². The highest BCUT2D eigenvalue weighted by molar-refractivity contribution is 6.31. The van der Waals surface area contributed by atoms with Crippen molar-refractivity contribution in [1.82, 2.24) is 19.9 Å². The zero-order valence-electron chi connectivity index (χ0n) is 18.5. The van der Waals surface area contributed by atoms with Crippen molar-refractivity contribution in [3.05, 3.63) is 76.7 Å². The molecule has 1 unspecified atom stereocenters. The summed E-state index contributed by atoms with van der Waals surface area (Å²) in [4.78, 5) is 27.8. The van der Waals surface area contributed by atoms with Crippen molar-refractivity contribution in [2.45, 2.75) is 32.1 Å². The molecule has 0 fully saturated rings. The van der Waals surface area contributed by atoms with Crippen LogP contribution in [0.4, 0.5) is 4.39 Å². The fourth-order valence-corrected chi connectivity index (χ4v) is 4.27. The van der Waals surface area contributed by atoms with Gasteiger partial charge in [-0.3, -0.25) is 9.78 Å². The Balaban J connectivity index is 1.81. The van der Waals surface area contributed by atoms with E-state index in [4.69, 9.17) is 11.6 Å². The largest absolute Gasteiger partial charge is 0.481 e. The van der Waals surface area contributed by atoms with Gasteiger partial charge in [-0.25, -0.2) is 14.4 Å². The van der Waals surface area contributed by atoms with E-state index in [2.05, 4.69) is 19.9 Å². The Hall–Kier alpha value is -3.83. The Bertz CT molecular complexity index is 1410. The molecule has 4 aromatic heterocycles. The van der Waals surface area contributed by atoms with E-state index in [-0.39, 0.29) is 29.8 Å². The van der Waals surface area contributed by atoms with E-state index in [1.54, 1.807) is 24.5 Å². The third-order valence-electron chi connectivity index (χ3n) is 6.13. The van der Waals surface area contributed by atoms with Crippen LogP contribution in [0.25, 0.3) is 22.3 Å². The van der Waals surface area contributed by atoms with Crippen LogP contribution in [0.3, 0.4) is 0 Å². The molecule has 34 heavy (non-hydrogen) atoms. The van der Waals surface area contributed by atoms with Gasteiger partial charge in [-0.2, -0.15) is 5.26 Å². The fraction of sp³-hybridized carbons (Fsp3) is 0.240. The molecule has 1 atom stereocenters. The fourth-order valence-electron chi connectivity index (χ4n) is 4.11. The average molecular weight is 478 g/mol. The molecule has 0 aliphatic carbocycles. The summed E-state index contributed by atoms with van der Waals surface area (Å²) in [5.41, 5.74) is 1.54. The quantitative estimate of drug-likeness (QED) is 0.373. The number of pyridine rings is 3. The number of hydrogen-bond acceptors (Lipinski definition) is 5. The molecule has 0 amide bonds. The molecule has 7 nitrogen and oxygen atoms in total. The van der Waals surface area contributed by atoms with E-state index in [1.807, 2.05) is 32.0 Å². The summed E-state index contributed by atoms with van der Waals surface area (Å²) >= 11 is 6.11. The minimum Gasteiger partial charge on any atom is -0.481 e. The van der Waals surface area contributed by atoms with Crippen LogP contribution in [0.5, 0.6) is 0 Å². The molecule has 4 heterocycles. The standard InChI is InChI=1S/C25H21ClFN5O2/c1-25(2,21-5-3-4-6-29-21)15(9-22(33)34)8-20-19(27)7-14(11-28)23(32-20)18-13-31-24-17(18)10-16(26)12-30-24/h3-7,10,12-13,15H,8-9H2,1-2H3,(H,30,31)(H,33,34). The maximum atomic E-state index is 15.1. The lowest BCUT2D eigenvalue weighted by atomic mass is 9.72. The molecule has 0 aliphatic heterocycles. The Morgan fingerprint density at radius 2 is 2.12 bits per heavy atom. The highest BCUT2D eigenvalue weighted by Crippen LogP contribution is 2.37. The van der Waals surface area contributed by atoms with Crippen molar-refractivity contribution in [2.75, 3.05) is 0 Å². The third-order valence-corrected chi connectivity index (χ3v) is 6.34. The van der Waals surface area contributed by atoms with Crippen molar-refractivity contribution >= 4 is 28.6 Å². The van der Waals surface area contributed by atoms with E-state index in [0.29, 0.717) is 27.3 Å².